The van der Waals surface area contributed by atoms with Gasteiger partial charge in [-0.1, -0.05) is 0 Å². The molecule has 4 aromatic rings. The van der Waals surface area contributed by atoms with Crippen LogP contribution >= 0.6 is 0 Å². The third kappa shape index (κ3) is 3.45. The van der Waals surface area contributed by atoms with E-state index in [0.29, 0.717) is 6.07 Å². The molecule has 0 bridgehead atoms. The van der Waals surface area contributed by atoms with Crippen molar-refractivity contribution in [3.05, 3.63) is 103 Å². The molecule has 0 saturated carbocycles. The van der Waals surface area contributed by atoms with Gasteiger partial charge in [0.1, 0.15) is 5.82 Å². The van der Waals surface area contributed by atoms with Crippen LogP contribution in [0.3, 0.4) is 0 Å². The fourth-order valence-corrected chi connectivity index (χ4v) is 3.36. The molecular formula is C21H13F4N3O3. The summed E-state index contributed by atoms with van der Waals surface area (Å²) in [4.78, 5) is 40.1. The first-order valence-electron chi connectivity index (χ1n) is 8.92. The monoisotopic (exact) mass is 431 g/mol. The molecule has 0 unspecified atom stereocenters. The van der Waals surface area contributed by atoms with Crippen LogP contribution in [0, 0.1) is 12.7 Å². The molecule has 2 aromatic carbocycles. The maximum absolute atomic E-state index is 13.6. The Labute approximate surface area is 170 Å². The van der Waals surface area contributed by atoms with E-state index in [-0.39, 0.29) is 27.8 Å². The zero-order valence-corrected chi connectivity index (χ0v) is 15.8. The molecule has 0 atom stereocenters. The smallest absolute Gasteiger partial charge is 0.327 e. The molecule has 0 aliphatic rings. The number of aromatic amines is 1. The Morgan fingerprint density at radius 1 is 0.903 bits per heavy atom. The largest absolute Gasteiger partial charge is 0.416 e. The van der Waals surface area contributed by atoms with Crippen molar-refractivity contribution in [2.45, 2.75) is 13.1 Å². The van der Waals surface area contributed by atoms with E-state index in [4.69, 9.17) is 0 Å². The SMILES string of the molecule is Cc1cc(F)ccc1-n1c(=O)n(-c2ccc(=O)[nH]c2)c(=O)c2ccc(C(F)(F)F)cc21. The molecule has 0 radical (unpaired) electrons. The van der Waals surface area contributed by atoms with Crippen molar-refractivity contribution in [1.29, 1.82) is 0 Å². The number of hydrogen-bond acceptors (Lipinski definition) is 3. The van der Waals surface area contributed by atoms with Gasteiger partial charge in [0.05, 0.1) is 27.8 Å². The highest BCUT2D eigenvalue weighted by molar-refractivity contribution is 5.81. The lowest BCUT2D eigenvalue weighted by atomic mass is 10.1. The molecular weight excluding hydrogens is 418 g/mol. The van der Waals surface area contributed by atoms with E-state index in [0.717, 1.165) is 45.7 Å². The average molecular weight is 431 g/mol. The highest BCUT2D eigenvalue weighted by Crippen LogP contribution is 2.31. The van der Waals surface area contributed by atoms with Gasteiger partial charge in [-0.2, -0.15) is 13.2 Å². The number of alkyl halides is 3. The van der Waals surface area contributed by atoms with Crippen LogP contribution in [-0.2, 0) is 6.18 Å². The zero-order chi connectivity index (χ0) is 22.5. The molecule has 0 amide bonds. The van der Waals surface area contributed by atoms with E-state index in [9.17, 15) is 31.9 Å². The minimum atomic E-state index is -4.71. The first-order valence-corrected chi connectivity index (χ1v) is 8.92. The Hall–Kier alpha value is -3.95. The van der Waals surface area contributed by atoms with E-state index < -0.39 is 34.4 Å². The molecule has 31 heavy (non-hydrogen) atoms. The van der Waals surface area contributed by atoms with Crippen LogP contribution in [-0.4, -0.2) is 14.1 Å². The van der Waals surface area contributed by atoms with E-state index >= 15 is 0 Å². The third-order valence-corrected chi connectivity index (χ3v) is 4.81. The maximum Gasteiger partial charge on any atom is 0.416 e. The fraction of sp³-hybridized carbons (Fsp3) is 0.0952. The lowest BCUT2D eigenvalue weighted by Crippen LogP contribution is -2.39. The quantitative estimate of drug-likeness (QED) is 0.495. The first-order chi connectivity index (χ1) is 14.6. The van der Waals surface area contributed by atoms with Gasteiger partial charge < -0.3 is 4.98 Å². The fourth-order valence-electron chi connectivity index (χ4n) is 3.36. The van der Waals surface area contributed by atoms with Crippen molar-refractivity contribution < 1.29 is 17.6 Å². The number of nitrogens with zero attached hydrogens (tertiary/aromatic N) is 2. The van der Waals surface area contributed by atoms with Crippen molar-refractivity contribution in [2.75, 3.05) is 0 Å². The van der Waals surface area contributed by atoms with Crippen LogP contribution in [0.4, 0.5) is 17.6 Å². The van der Waals surface area contributed by atoms with Gasteiger partial charge in [0.25, 0.3) is 5.56 Å². The third-order valence-electron chi connectivity index (χ3n) is 4.81. The number of nitrogens with one attached hydrogen (secondary N) is 1. The van der Waals surface area contributed by atoms with Crippen LogP contribution in [0.5, 0.6) is 0 Å². The number of aryl methyl sites for hydroxylation is 1. The summed E-state index contributed by atoms with van der Waals surface area (Å²) < 4.78 is 55.2. The number of halogens is 4. The van der Waals surface area contributed by atoms with Crippen molar-refractivity contribution in [3.63, 3.8) is 0 Å². The Morgan fingerprint density at radius 3 is 2.26 bits per heavy atom. The lowest BCUT2D eigenvalue weighted by molar-refractivity contribution is -0.137. The lowest BCUT2D eigenvalue weighted by Gasteiger charge is -2.17. The summed E-state index contributed by atoms with van der Waals surface area (Å²) in [6.07, 6.45) is -3.57. The van der Waals surface area contributed by atoms with Crippen LogP contribution in [0.25, 0.3) is 22.3 Å². The topological polar surface area (TPSA) is 76.9 Å². The number of H-pyrrole nitrogens is 1. The summed E-state index contributed by atoms with van der Waals surface area (Å²) >= 11 is 0. The molecule has 2 heterocycles. The van der Waals surface area contributed by atoms with Gasteiger partial charge >= 0.3 is 11.9 Å². The molecule has 0 aliphatic carbocycles. The molecule has 158 valence electrons. The Kier molecular flexibility index (Phi) is 4.64. The number of hydrogen-bond donors (Lipinski definition) is 1. The highest BCUT2D eigenvalue weighted by Gasteiger charge is 2.31. The normalized spacial score (nSPS) is 11.8. The molecule has 0 spiro atoms. The van der Waals surface area contributed by atoms with Gasteiger partial charge in [-0.25, -0.2) is 13.8 Å². The minimum Gasteiger partial charge on any atom is -0.327 e. The molecule has 0 saturated heterocycles. The molecule has 0 aliphatic heterocycles. The van der Waals surface area contributed by atoms with Gasteiger partial charge in [0.15, 0.2) is 0 Å². The van der Waals surface area contributed by atoms with Gasteiger partial charge in [-0.3, -0.25) is 14.2 Å². The van der Waals surface area contributed by atoms with Crippen LogP contribution in [0.15, 0.2) is 69.1 Å². The van der Waals surface area contributed by atoms with Crippen molar-refractivity contribution >= 4 is 10.9 Å². The summed E-state index contributed by atoms with van der Waals surface area (Å²) in [7, 11) is 0. The number of aromatic nitrogens is 3. The summed E-state index contributed by atoms with van der Waals surface area (Å²) in [5.41, 5.74) is -3.24. The number of fused-ring (bicyclic) bond motifs is 1. The summed E-state index contributed by atoms with van der Waals surface area (Å²) in [5.74, 6) is -0.594. The summed E-state index contributed by atoms with van der Waals surface area (Å²) in [6.45, 7) is 1.49. The predicted octanol–water partition coefficient (Wildman–Crippen LogP) is 3.30. The molecule has 2 aromatic heterocycles. The predicted molar refractivity (Wildman–Crippen MR) is 105 cm³/mol. The number of rotatable bonds is 2. The number of pyridine rings is 1. The Bertz CT molecular complexity index is 1490. The van der Waals surface area contributed by atoms with Crippen molar-refractivity contribution in [3.8, 4) is 11.4 Å². The van der Waals surface area contributed by atoms with Crippen molar-refractivity contribution in [1.82, 2.24) is 14.1 Å². The second kappa shape index (κ2) is 7.08. The second-order valence-electron chi connectivity index (χ2n) is 6.83. The van der Waals surface area contributed by atoms with E-state index in [2.05, 4.69) is 4.98 Å². The molecule has 4 rings (SSSR count). The zero-order valence-electron chi connectivity index (χ0n) is 15.8. The van der Waals surface area contributed by atoms with Crippen LogP contribution < -0.4 is 16.8 Å². The van der Waals surface area contributed by atoms with E-state index in [1.54, 1.807) is 0 Å². The first kappa shape index (κ1) is 20.3. The van der Waals surface area contributed by atoms with Crippen LogP contribution in [0.1, 0.15) is 11.1 Å². The maximum atomic E-state index is 13.6. The summed E-state index contributed by atoms with van der Waals surface area (Å²) in [5, 5.41) is -0.164. The molecule has 6 nitrogen and oxygen atoms in total. The van der Waals surface area contributed by atoms with E-state index in [1.165, 1.54) is 19.1 Å². The van der Waals surface area contributed by atoms with Gasteiger partial charge in [-0.15, -0.1) is 0 Å². The molecule has 0 fully saturated rings. The Morgan fingerprint density at radius 2 is 1.65 bits per heavy atom. The van der Waals surface area contributed by atoms with Gasteiger partial charge in [0.2, 0.25) is 5.56 Å². The minimum absolute atomic E-state index is 0.0184. The number of benzene rings is 2. The molecule has 10 heteroatoms. The van der Waals surface area contributed by atoms with Gasteiger partial charge in [-0.05, 0) is 55.0 Å². The highest BCUT2D eigenvalue weighted by atomic mass is 19.4. The summed E-state index contributed by atoms with van der Waals surface area (Å²) in [6, 6.07) is 8.20. The van der Waals surface area contributed by atoms with Gasteiger partial charge in [0, 0.05) is 12.3 Å². The Balaban J connectivity index is 2.20. The van der Waals surface area contributed by atoms with Crippen LogP contribution in [0.2, 0.25) is 0 Å². The van der Waals surface area contributed by atoms with Crippen molar-refractivity contribution in [2.24, 2.45) is 0 Å². The van der Waals surface area contributed by atoms with E-state index in [1.807, 2.05) is 0 Å². The molecule has 1 N–H and O–H groups in total. The average Bonchev–Trinajstić information content (AvgIpc) is 2.70. The second-order valence-corrected chi connectivity index (χ2v) is 6.83. The standard InChI is InChI=1S/C21H13F4N3O3/c1-11-8-13(22)3-6-16(11)28-17-9-12(21(23,24)25)2-5-15(17)19(30)27(20(28)31)14-4-7-18(29)26-10-14/h2-10H,1H3,(H,26,29).